The first-order valence-corrected chi connectivity index (χ1v) is 8.66. The molecule has 0 aliphatic rings. The third-order valence-electron chi connectivity index (χ3n) is 3.84. The molecule has 0 spiro atoms. The Morgan fingerprint density at radius 2 is 1.76 bits per heavy atom. The van der Waals surface area contributed by atoms with Crippen LogP contribution in [0.25, 0.3) is 20.7 Å². The maximum absolute atomic E-state index is 2.39. The first kappa shape index (κ1) is 14.3. The molecule has 0 amide bonds. The Balaban J connectivity index is 2.22. The van der Waals surface area contributed by atoms with E-state index < -0.39 is 0 Å². The molecular weight excluding hydrogens is 274 g/mol. The van der Waals surface area contributed by atoms with Crippen molar-refractivity contribution < 1.29 is 4.57 Å². The normalized spacial score (nSPS) is 11.1. The van der Waals surface area contributed by atoms with Crippen LogP contribution in [0.4, 0.5) is 0 Å². The number of thiophene rings is 1. The van der Waals surface area contributed by atoms with Crippen molar-refractivity contribution in [3.8, 4) is 10.6 Å². The molecule has 0 bridgehead atoms. The molecule has 1 aromatic carbocycles. The second-order valence-corrected chi connectivity index (χ2v) is 6.49. The van der Waals surface area contributed by atoms with E-state index in [4.69, 9.17) is 0 Å². The van der Waals surface area contributed by atoms with E-state index in [0.29, 0.717) is 0 Å². The standard InChI is InChI=1S/C19H22NS/c1-3-9-16-15-10-5-6-12-18(15)21-19(16)17-11-7-8-14-20(17)13-4-2/h5-8,10-12,14H,3-4,9,13H2,1-2H3/q+1. The predicted octanol–water partition coefficient (Wildman–Crippen LogP) is 5.22. The highest BCUT2D eigenvalue weighted by Gasteiger charge is 2.19. The number of nitrogens with zero attached hydrogens (tertiary/aromatic N) is 1. The van der Waals surface area contributed by atoms with Crippen molar-refractivity contribution in [1.29, 1.82) is 0 Å². The average molecular weight is 296 g/mol. The zero-order chi connectivity index (χ0) is 14.7. The number of aryl methyl sites for hydroxylation is 2. The van der Waals surface area contributed by atoms with E-state index in [1.807, 2.05) is 11.3 Å². The molecule has 0 atom stereocenters. The topological polar surface area (TPSA) is 3.88 Å². The Morgan fingerprint density at radius 3 is 2.57 bits per heavy atom. The molecule has 2 aromatic heterocycles. The number of hydrogen-bond donors (Lipinski definition) is 0. The highest BCUT2D eigenvalue weighted by Crippen LogP contribution is 2.38. The van der Waals surface area contributed by atoms with Gasteiger partial charge in [-0.3, -0.25) is 0 Å². The van der Waals surface area contributed by atoms with Crippen molar-refractivity contribution in [2.45, 2.75) is 39.7 Å². The molecule has 0 aliphatic carbocycles. The number of fused-ring (bicyclic) bond motifs is 1. The van der Waals surface area contributed by atoms with Gasteiger partial charge in [-0.2, -0.15) is 4.57 Å². The fourth-order valence-corrected chi connectivity index (χ4v) is 4.22. The van der Waals surface area contributed by atoms with Crippen LogP contribution in [0.2, 0.25) is 0 Å². The van der Waals surface area contributed by atoms with Crippen LogP contribution in [0, 0.1) is 0 Å². The second kappa shape index (κ2) is 6.40. The number of rotatable bonds is 5. The maximum Gasteiger partial charge on any atom is 0.222 e. The zero-order valence-electron chi connectivity index (χ0n) is 12.8. The summed E-state index contributed by atoms with van der Waals surface area (Å²) in [6, 6.07) is 15.4. The Bertz CT molecular complexity index is 742. The van der Waals surface area contributed by atoms with Crippen LogP contribution in [0.15, 0.2) is 48.7 Å². The molecule has 0 N–H and O–H groups in total. The highest BCUT2D eigenvalue weighted by atomic mass is 32.1. The smallest absolute Gasteiger partial charge is 0.198 e. The lowest BCUT2D eigenvalue weighted by atomic mass is 10.0. The van der Waals surface area contributed by atoms with Crippen molar-refractivity contribution in [2.75, 3.05) is 0 Å². The molecule has 21 heavy (non-hydrogen) atoms. The van der Waals surface area contributed by atoms with Gasteiger partial charge in [-0.25, -0.2) is 0 Å². The molecule has 108 valence electrons. The monoisotopic (exact) mass is 296 g/mol. The van der Waals surface area contributed by atoms with Crippen molar-refractivity contribution in [2.24, 2.45) is 0 Å². The van der Waals surface area contributed by atoms with Gasteiger partial charge in [-0.15, -0.1) is 11.3 Å². The minimum atomic E-state index is 1.08. The van der Waals surface area contributed by atoms with E-state index in [1.165, 1.54) is 32.6 Å². The van der Waals surface area contributed by atoms with Gasteiger partial charge in [-0.05, 0) is 29.5 Å². The van der Waals surface area contributed by atoms with E-state index >= 15 is 0 Å². The highest BCUT2D eigenvalue weighted by molar-refractivity contribution is 7.22. The second-order valence-electron chi connectivity index (χ2n) is 5.44. The first-order chi connectivity index (χ1) is 10.3. The molecule has 0 radical (unpaired) electrons. The summed E-state index contributed by atoms with van der Waals surface area (Å²) in [5.74, 6) is 0. The van der Waals surface area contributed by atoms with E-state index in [0.717, 1.165) is 19.4 Å². The quantitative estimate of drug-likeness (QED) is 0.568. The van der Waals surface area contributed by atoms with Gasteiger partial charge in [0.05, 0.1) is 0 Å². The summed E-state index contributed by atoms with van der Waals surface area (Å²) in [4.78, 5) is 1.45. The average Bonchev–Trinajstić information content (AvgIpc) is 2.88. The molecule has 0 saturated heterocycles. The molecular formula is C19H22NS+. The van der Waals surface area contributed by atoms with Gasteiger partial charge < -0.3 is 0 Å². The Kier molecular flexibility index (Phi) is 4.35. The summed E-state index contributed by atoms with van der Waals surface area (Å²) < 4.78 is 3.80. The number of benzene rings is 1. The van der Waals surface area contributed by atoms with Gasteiger partial charge in [0, 0.05) is 23.3 Å². The van der Waals surface area contributed by atoms with Crippen LogP contribution in [0.3, 0.4) is 0 Å². The lowest BCUT2D eigenvalue weighted by molar-refractivity contribution is -0.686. The minimum absolute atomic E-state index is 1.08. The fraction of sp³-hybridized carbons (Fsp3) is 0.316. The molecule has 0 fully saturated rings. The Hall–Kier alpha value is -1.67. The van der Waals surface area contributed by atoms with Gasteiger partial charge in [0.1, 0.15) is 11.4 Å². The summed E-state index contributed by atoms with van der Waals surface area (Å²) in [7, 11) is 0. The van der Waals surface area contributed by atoms with E-state index in [1.54, 1.807) is 0 Å². The van der Waals surface area contributed by atoms with Crippen molar-refractivity contribution in [3.05, 3.63) is 54.2 Å². The molecule has 3 rings (SSSR count). The van der Waals surface area contributed by atoms with E-state index in [9.17, 15) is 0 Å². The predicted molar refractivity (Wildman–Crippen MR) is 91.7 cm³/mol. The maximum atomic E-state index is 2.39. The number of aromatic nitrogens is 1. The number of pyridine rings is 1. The van der Waals surface area contributed by atoms with Crippen LogP contribution >= 0.6 is 11.3 Å². The SMILES string of the molecule is CCCc1c(-c2cccc[n+]2CCC)sc2ccccc12. The minimum Gasteiger partial charge on any atom is -0.198 e. The van der Waals surface area contributed by atoms with Gasteiger partial charge in [0.2, 0.25) is 5.69 Å². The summed E-state index contributed by atoms with van der Waals surface area (Å²) in [5.41, 5.74) is 2.89. The molecule has 0 unspecified atom stereocenters. The Labute approximate surface area is 130 Å². The molecule has 0 aliphatic heterocycles. The molecule has 2 heteroatoms. The fourth-order valence-electron chi connectivity index (χ4n) is 2.92. The summed E-state index contributed by atoms with van der Waals surface area (Å²) in [6.45, 7) is 5.58. The third-order valence-corrected chi connectivity index (χ3v) is 5.07. The Morgan fingerprint density at radius 1 is 0.952 bits per heavy atom. The molecule has 3 aromatic rings. The molecule has 1 nitrogen and oxygen atoms in total. The summed E-state index contributed by atoms with van der Waals surface area (Å²) in [6.07, 6.45) is 5.71. The van der Waals surface area contributed by atoms with Crippen LogP contribution in [0.5, 0.6) is 0 Å². The van der Waals surface area contributed by atoms with E-state index in [-0.39, 0.29) is 0 Å². The lowest BCUT2D eigenvalue weighted by Crippen LogP contribution is -2.35. The summed E-state index contributed by atoms with van der Waals surface area (Å²) >= 11 is 1.94. The summed E-state index contributed by atoms with van der Waals surface area (Å²) in [5, 5.41) is 1.44. The number of hydrogen-bond acceptors (Lipinski definition) is 1. The lowest BCUT2D eigenvalue weighted by Gasteiger charge is -2.04. The third kappa shape index (κ3) is 2.73. The van der Waals surface area contributed by atoms with Gasteiger partial charge in [0.15, 0.2) is 6.20 Å². The van der Waals surface area contributed by atoms with Crippen molar-refractivity contribution in [1.82, 2.24) is 0 Å². The largest absolute Gasteiger partial charge is 0.222 e. The van der Waals surface area contributed by atoms with Crippen molar-refractivity contribution >= 4 is 21.4 Å². The first-order valence-electron chi connectivity index (χ1n) is 7.84. The van der Waals surface area contributed by atoms with Crippen LogP contribution in [0.1, 0.15) is 32.3 Å². The van der Waals surface area contributed by atoms with Crippen LogP contribution in [-0.2, 0) is 13.0 Å². The van der Waals surface area contributed by atoms with Gasteiger partial charge in [-0.1, -0.05) is 38.5 Å². The van der Waals surface area contributed by atoms with Crippen LogP contribution < -0.4 is 4.57 Å². The van der Waals surface area contributed by atoms with Gasteiger partial charge >= 0.3 is 0 Å². The van der Waals surface area contributed by atoms with Crippen molar-refractivity contribution in [3.63, 3.8) is 0 Å². The zero-order valence-corrected chi connectivity index (χ0v) is 13.6. The molecule has 0 saturated carbocycles. The van der Waals surface area contributed by atoms with Crippen LogP contribution in [-0.4, -0.2) is 0 Å². The molecule has 2 heterocycles. The van der Waals surface area contributed by atoms with E-state index in [2.05, 4.69) is 67.1 Å². The van der Waals surface area contributed by atoms with Gasteiger partial charge in [0.25, 0.3) is 0 Å².